The fraction of sp³-hybridized carbons (Fsp3) is 0.438. The van der Waals surface area contributed by atoms with Crippen molar-refractivity contribution >= 4 is 22.9 Å². The zero-order valence-electron chi connectivity index (χ0n) is 14.8. The van der Waals surface area contributed by atoms with Gasteiger partial charge in [-0.05, 0) is 19.3 Å². The molecule has 0 spiro atoms. The standard InChI is InChI=1S/C16H19N7O3/c1-20-14-12(15(25)21(2)16(20)26)23(8-17-14)7-11(24)18-13-9-5-4-6-10(9)19-22(13)3/h8H,4-7H2,1-3H3,(H,18,24). The van der Waals surface area contributed by atoms with Crippen molar-refractivity contribution in [3.05, 3.63) is 38.4 Å². The molecule has 0 saturated heterocycles. The molecule has 0 saturated carbocycles. The molecular formula is C16H19N7O3. The summed E-state index contributed by atoms with van der Waals surface area (Å²) >= 11 is 0. The molecule has 4 rings (SSSR count). The number of aromatic nitrogens is 6. The zero-order chi connectivity index (χ0) is 18.6. The lowest BCUT2D eigenvalue weighted by molar-refractivity contribution is -0.116. The van der Waals surface area contributed by atoms with Crippen LogP contribution in [0.5, 0.6) is 0 Å². The summed E-state index contributed by atoms with van der Waals surface area (Å²) in [5.74, 6) is 0.421. The highest BCUT2D eigenvalue weighted by Crippen LogP contribution is 2.27. The number of imidazole rings is 1. The van der Waals surface area contributed by atoms with Crippen LogP contribution in [0.15, 0.2) is 15.9 Å². The third kappa shape index (κ3) is 2.29. The summed E-state index contributed by atoms with van der Waals surface area (Å²) in [6.45, 7) is -0.0795. The van der Waals surface area contributed by atoms with E-state index in [9.17, 15) is 14.4 Å². The van der Waals surface area contributed by atoms with Crippen LogP contribution < -0.4 is 16.6 Å². The van der Waals surface area contributed by atoms with Crippen LogP contribution >= 0.6 is 0 Å². The van der Waals surface area contributed by atoms with E-state index in [0.717, 1.165) is 35.1 Å². The van der Waals surface area contributed by atoms with Crippen LogP contribution in [0.3, 0.4) is 0 Å². The molecule has 0 radical (unpaired) electrons. The van der Waals surface area contributed by atoms with Crippen molar-refractivity contribution in [2.24, 2.45) is 21.1 Å². The molecular weight excluding hydrogens is 338 g/mol. The Labute approximate surface area is 147 Å². The third-order valence-corrected chi connectivity index (χ3v) is 4.86. The Balaban J connectivity index is 1.67. The Morgan fingerprint density at radius 2 is 1.96 bits per heavy atom. The SMILES string of the molecule is Cn1nc2c(c1NC(=O)Cn1cnc3c1c(=O)n(C)c(=O)n3C)CCC2. The first-order valence-corrected chi connectivity index (χ1v) is 8.34. The van der Waals surface area contributed by atoms with Gasteiger partial charge >= 0.3 is 5.69 Å². The summed E-state index contributed by atoms with van der Waals surface area (Å²) in [7, 11) is 4.74. The van der Waals surface area contributed by atoms with E-state index in [-0.39, 0.29) is 23.6 Å². The molecule has 0 bridgehead atoms. The quantitative estimate of drug-likeness (QED) is 0.666. The van der Waals surface area contributed by atoms with Crippen molar-refractivity contribution in [3.8, 4) is 0 Å². The summed E-state index contributed by atoms with van der Waals surface area (Å²) in [5, 5.41) is 7.32. The summed E-state index contributed by atoms with van der Waals surface area (Å²) in [6.07, 6.45) is 4.26. The molecule has 1 amide bonds. The zero-order valence-corrected chi connectivity index (χ0v) is 14.8. The predicted molar refractivity (Wildman–Crippen MR) is 94.1 cm³/mol. The van der Waals surface area contributed by atoms with Crippen LogP contribution in [0.25, 0.3) is 11.2 Å². The lowest BCUT2D eigenvalue weighted by Gasteiger charge is -2.09. The predicted octanol–water partition coefficient (Wildman–Crippen LogP) is -0.705. The van der Waals surface area contributed by atoms with Gasteiger partial charge in [-0.3, -0.25) is 23.4 Å². The number of carbonyl (C=O) groups excluding carboxylic acids is 1. The van der Waals surface area contributed by atoms with Crippen molar-refractivity contribution in [2.75, 3.05) is 5.32 Å². The first-order valence-electron chi connectivity index (χ1n) is 8.34. The Morgan fingerprint density at radius 1 is 1.19 bits per heavy atom. The summed E-state index contributed by atoms with van der Waals surface area (Å²) in [5.41, 5.74) is 1.65. The van der Waals surface area contributed by atoms with Crippen molar-refractivity contribution < 1.29 is 4.79 Å². The Kier molecular flexibility index (Phi) is 3.56. The van der Waals surface area contributed by atoms with Crippen LogP contribution in [0.2, 0.25) is 0 Å². The van der Waals surface area contributed by atoms with E-state index in [0.29, 0.717) is 5.82 Å². The molecule has 1 aliphatic rings. The van der Waals surface area contributed by atoms with Gasteiger partial charge in [0.1, 0.15) is 12.4 Å². The lowest BCUT2D eigenvalue weighted by Crippen LogP contribution is -2.37. The van der Waals surface area contributed by atoms with Crippen LogP contribution in [-0.4, -0.2) is 34.4 Å². The van der Waals surface area contributed by atoms with E-state index in [2.05, 4.69) is 15.4 Å². The van der Waals surface area contributed by atoms with Gasteiger partial charge < -0.3 is 9.88 Å². The number of fused-ring (bicyclic) bond motifs is 2. The maximum atomic E-state index is 12.5. The van der Waals surface area contributed by atoms with Crippen LogP contribution in [0.4, 0.5) is 5.82 Å². The van der Waals surface area contributed by atoms with Gasteiger partial charge in [0.05, 0.1) is 12.0 Å². The molecule has 26 heavy (non-hydrogen) atoms. The minimum absolute atomic E-state index is 0.0795. The second kappa shape index (κ2) is 5.68. The van der Waals surface area contributed by atoms with Gasteiger partial charge in [-0.1, -0.05) is 0 Å². The topological polar surface area (TPSA) is 109 Å². The molecule has 10 nitrogen and oxygen atoms in total. The largest absolute Gasteiger partial charge is 0.332 e. The first-order chi connectivity index (χ1) is 12.4. The first kappa shape index (κ1) is 16.3. The number of anilines is 1. The van der Waals surface area contributed by atoms with E-state index < -0.39 is 11.2 Å². The number of nitrogens with zero attached hydrogens (tertiary/aromatic N) is 6. The number of hydrogen-bond donors (Lipinski definition) is 1. The van der Waals surface area contributed by atoms with Crippen LogP contribution in [0.1, 0.15) is 17.7 Å². The molecule has 0 aliphatic heterocycles. The summed E-state index contributed by atoms with van der Waals surface area (Å²) in [4.78, 5) is 41.1. The molecule has 3 heterocycles. The van der Waals surface area contributed by atoms with Gasteiger partial charge in [0.25, 0.3) is 5.56 Å². The summed E-state index contributed by atoms with van der Waals surface area (Å²) < 4.78 is 5.44. The highest BCUT2D eigenvalue weighted by atomic mass is 16.2. The fourth-order valence-electron chi connectivity index (χ4n) is 3.52. The minimum atomic E-state index is -0.477. The number of rotatable bonds is 3. The monoisotopic (exact) mass is 357 g/mol. The normalized spacial score (nSPS) is 13.3. The van der Waals surface area contributed by atoms with E-state index in [1.54, 1.807) is 18.8 Å². The third-order valence-electron chi connectivity index (χ3n) is 4.86. The van der Waals surface area contributed by atoms with Gasteiger partial charge in [-0.15, -0.1) is 0 Å². The Bertz CT molecular complexity index is 1160. The van der Waals surface area contributed by atoms with Crippen LogP contribution in [0, 0.1) is 0 Å². The second-order valence-corrected chi connectivity index (χ2v) is 6.55. The number of carbonyl (C=O) groups is 1. The van der Waals surface area contributed by atoms with Crippen molar-refractivity contribution in [1.29, 1.82) is 0 Å². The van der Waals surface area contributed by atoms with Crippen molar-refractivity contribution in [2.45, 2.75) is 25.8 Å². The molecule has 1 aliphatic carbocycles. The summed E-state index contributed by atoms with van der Waals surface area (Å²) in [6, 6.07) is 0. The molecule has 0 aromatic carbocycles. The highest BCUT2D eigenvalue weighted by molar-refractivity contribution is 5.91. The fourth-order valence-corrected chi connectivity index (χ4v) is 3.52. The average Bonchev–Trinajstić information content (AvgIpc) is 3.28. The average molecular weight is 357 g/mol. The highest BCUT2D eigenvalue weighted by Gasteiger charge is 2.23. The second-order valence-electron chi connectivity index (χ2n) is 6.55. The smallest absolute Gasteiger partial charge is 0.315 e. The molecule has 1 N–H and O–H groups in total. The molecule has 0 fully saturated rings. The molecule has 3 aromatic rings. The van der Waals surface area contributed by atoms with E-state index in [4.69, 9.17) is 0 Å². The van der Waals surface area contributed by atoms with E-state index in [1.165, 1.54) is 22.5 Å². The number of aryl methyl sites for hydroxylation is 3. The van der Waals surface area contributed by atoms with Gasteiger partial charge in [-0.25, -0.2) is 9.78 Å². The van der Waals surface area contributed by atoms with E-state index >= 15 is 0 Å². The van der Waals surface area contributed by atoms with Crippen molar-refractivity contribution in [1.82, 2.24) is 28.5 Å². The molecule has 10 heteroatoms. The van der Waals surface area contributed by atoms with Gasteiger partial charge in [-0.2, -0.15) is 5.10 Å². The van der Waals surface area contributed by atoms with Gasteiger partial charge in [0.2, 0.25) is 5.91 Å². The number of amides is 1. The maximum absolute atomic E-state index is 12.5. The molecule has 0 atom stereocenters. The number of nitrogens with one attached hydrogen (secondary N) is 1. The Morgan fingerprint density at radius 3 is 2.73 bits per heavy atom. The van der Waals surface area contributed by atoms with Crippen LogP contribution in [-0.2, 0) is 45.3 Å². The van der Waals surface area contributed by atoms with Gasteiger partial charge in [0, 0.05) is 26.7 Å². The molecule has 0 unspecified atom stereocenters. The lowest BCUT2D eigenvalue weighted by atomic mass is 10.2. The molecule has 3 aromatic heterocycles. The molecule has 136 valence electrons. The van der Waals surface area contributed by atoms with Crippen molar-refractivity contribution in [3.63, 3.8) is 0 Å². The number of hydrogen-bond acceptors (Lipinski definition) is 5. The maximum Gasteiger partial charge on any atom is 0.332 e. The Hall–Kier alpha value is -3.17. The minimum Gasteiger partial charge on any atom is -0.315 e. The van der Waals surface area contributed by atoms with E-state index in [1.807, 2.05) is 0 Å². The van der Waals surface area contributed by atoms with Gasteiger partial charge in [0.15, 0.2) is 11.2 Å².